The first-order chi connectivity index (χ1) is 15.5. The second kappa shape index (κ2) is 9.57. The molecule has 1 heterocycles. The number of aryl methyl sites for hydroxylation is 1. The van der Waals surface area contributed by atoms with Gasteiger partial charge in [-0.05, 0) is 47.9 Å². The highest BCUT2D eigenvalue weighted by atomic mass is 32.2. The average Bonchev–Trinajstić information content (AvgIpc) is 2.95. The lowest BCUT2D eigenvalue weighted by molar-refractivity contribution is -0.118. The summed E-state index contributed by atoms with van der Waals surface area (Å²) in [5.74, 6) is 1.81. The Labute approximate surface area is 193 Å². The molecule has 0 aliphatic carbocycles. The van der Waals surface area contributed by atoms with Gasteiger partial charge in [-0.3, -0.25) is 4.79 Å². The van der Waals surface area contributed by atoms with E-state index < -0.39 is 0 Å². The summed E-state index contributed by atoms with van der Waals surface area (Å²) in [4.78, 5) is 16.5. The minimum absolute atomic E-state index is 0.0840. The normalized spacial score (nSPS) is 15.7. The summed E-state index contributed by atoms with van der Waals surface area (Å²) in [6, 6.07) is 20.2. The van der Waals surface area contributed by atoms with Crippen molar-refractivity contribution in [1.29, 1.82) is 0 Å². The number of fused-ring (bicyclic) bond motifs is 1. The van der Waals surface area contributed by atoms with Gasteiger partial charge in [0.05, 0.1) is 33.6 Å². The fraction of sp³-hybridized carbons (Fsp3) is 0.269. The van der Waals surface area contributed by atoms with E-state index in [9.17, 15) is 4.79 Å². The highest BCUT2D eigenvalue weighted by molar-refractivity contribution is 7.99. The van der Waals surface area contributed by atoms with Crippen LogP contribution in [-0.2, 0) is 11.3 Å². The van der Waals surface area contributed by atoms with Gasteiger partial charge in [0.15, 0.2) is 11.5 Å². The lowest BCUT2D eigenvalue weighted by Crippen LogP contribution is -2.30. The Balaban J connectivity index is 1.74. The Hall–Kier alpha value is -3.12. The summed E-state index contributed by atoms with van der Waals surface area (Å²) in [5.41, 5.74) is 4.23. The molecule has 0 bridgehead atoms. The van der Waals surface area contributed by atoms with Crippen LogP contribution < -0.4 is 19.1 Å². The predicted molar refractivity (Wildman–Crippen MR) is 128 cm³/mol. The third-order valence-corrected chi connectivity index (χ3v) is 7.06. The van der Waals surface area contributed by atoms with E-state index in [-0.39, 0.29) is 11.2 Å². The fourth-order valence-electron chi connectivity index (χ4n) is 3.98. The number of carbonyl (C=O) groups is 1. The summed E-state index contributed by atoms with van der Waals surface area (Å²) >= 11 is 1.69. The van der Waals surface area contributed by atoms with Crippen LogP contribution in [0.1, 0.15) is 28.4 Å². The van der Waals surface area contributed by atoms with Gasteiger partial charge in [0.25, 0.3) is 0 Å². The Kier molecular flexibility index (Phi) is 6.61. The molecule has 0 aromatic heterocycles. The second-order valence-electron chi connectivity index (χ2n) is 7.64. The van der Waals surface area contributed by atoms with Crippen molar-refractivity contribution in [3.05, 3.63) is 77.4 Å². The average molecular weight is 450 g/mol. The van der Waals surface area contributed by atoms with Crippen LogP contribution in [0.3, 0.4) is 0 Å². The molecule has 1 unspecified atom stereocenters. The lowest BCUT2D eigenvalue weighted by Gasteiger charge is -2.23. The van der Waals surface area contributed by atoms with Crippen LogP contribution in [0.2, 0.25) is 0 Å². The smallest absolute Gasteiger partial charge is 0.228 e. The van der Waals surface area contributed by atoms with Gasteiger partial charge in [-0.1, -0.05) is 36.4 Å². The van der Waals surface area contributed by atoms with Crippen LogP contribution in [0.25, 0.3) is 0 Å². The highest BCUT2D eigenvalue weighted by Gasteiger charge is 2.30. The standard InChI is InChI=1S/C26H27NO4S/c1-17-9-5-6-10-18(17)16-27-20-11-7-8-12-23(20)32-24(15-25(27)28)19-13-21(29-2)26(31-4)22(14-19)30-3/h5-14,24H,15-16H2,1-4H3. The zero-order chi connectivity index (χ0) is 22.7. The molecule has 3 aromatic rings. The molecule has 1 aliphatic heterocycles. The first kappa shape index (κ1) is 22.1. The molecule has 0 fully saturated rings. The molecule has 6 heteroatoms. The highest BCUT2D eigenvalue weighted by Crippen LogP contribution is 2.49. The van der Waals surface area contributed by atoms with Gasteiger partial charge in [0, 0.05) is 16.6 Å². The Morgan fingerprint density at radius 3 is 2.25 bits per heavy atom. The molecule has 3 aromatic carbocycles. The number of anilines is 1. The molecular formula is C26H27NO4S. The third kappa shape index (κ3) is 4.28. The van der Waals surface area contributed by atoms with Crippen LogP contribution in [0.4, 0.5) is 5.69 Å². The summed E-state index contributed by atoms with van der Waals surface area (Å²) in [6.45, 7) is 2.63. The van der Waals surface area contributed by atoms with E-state index in [0.29, 0.717) is 30.2 Å². The monoisotopic (exact) mass is 449 g/mol. The van der Waals surface area contributed by atoms with Crippen molar-refractivity contribution in [2.75, 3.05) is 26.2 Å². The van der Waals surface area contributed by atoms with Gasteiger partial charge in [-0.15, -0.1) is 11.8 Å². The van der Waals surface area contributed by atoms with Gasteiger partial charge in [0.2, 0.25) is 11.7 Å². The van der Waals surface area contributed by atoms with Crippen LogP contribution in [0.5, 0.6) is 17.2 Å². The summed E-state index contributed by atoms with van der Waals surface area (Å²) in [6.07, 6.45) is 0.365. The molecule has 5 nitrogen and oxygen atoms in total. The molecule has 0 spiro atoms. The molecule has 32 heavy (non-hydrogen) atoms. The number of thioether (sulfide) groups is 1. The molecule has 0 saturated carbocycles. The Morgan fingerprint density at radius 2 is 1.59 bits per heavy atom. The van der Waals surface area contributed by atoms with E-state index in [0.717, 1.165) is 21.7 Å². The van der Waals surface area contributed by atoms with Crippen molar-refractivity contribution < 1.29 is 19.0 Å². The van der Waals surface area contributed by atoms with E-state index in [1.165, 1.54) is 5.56 Å². The van der Waals surface area contributed by atoms with Gasteiger partial charge >= 0.3 is 0 Å². The molecule has 0 radical (unpaired) electrons. The number of hydrogen-bond acceptors (Lipinski definition) is 5. The molecule has 0 saturated heterocycles. The number of methoxy groups -OCH3 is 3. The number of hydrogen-bond donors (Lipinski definition) is 0. The maximum Gasteiger partial charge on any atom is 0.228 e. The Morgan fingerprint density at radius 1 is 0.938 bits per heavy atom. The van der Waals surface area contributed by atoms with Crippen LogP contribution in [0.15, 0.2) is 65.6 Å². The third-order valence-electron chi connectivity index (χ3n) is 5.73. The van der Waals surface area contributed by atoms with Crippen LogP contribution >= 0.6 is 11.8 Å². The second-order valence-corrected chi connectivity index (χ2v) is 8.89. The molecule has 1 aliphatic rings. The fourth-order valence-corrected chi connectivity index (χ4v) is 5.24. The maximum atomic E-state index is 13.5. The topological polar surface area (TPSA) is 48.0 Å². The van der Waals surface area contributed by atoms with E-state index in [4.69, 9.17) is 14.2 Å². The molecule has 1 amide bonds. The first-order valence-corrected chi connectivity index (χ1v) is 11.3. The van der Waals surface area contributed by atoms with Crippen molar-refractivity contribution in [3.8, 4) is 17.2 Å². The van der Waals surface area contributed by atoms with E-state index in [1.807, 2.05) is 47.4 Å². The largest absolute Gasteiger partial charge is 0.493 e. The summed E-state index contributed by atoms with van der Waals surface area (Å²) in [7, 11) is 4.79. The number of nitrogens with zero attached hydrogens (tertiary/aromatic N) is 1. The lowest BCUT2D eigenvalue weighted by atomic mass is 10.1. The van der Waals surface area contributed by atoms with Crippen LogP contribution in [-0.4, -0.2) is 27.2 Å². The molecule has 0 N–H and O–H groups in total. The maximum absolute atomic E-state index is 13.5. The van der Waals surface area contributed by atoms with E-state index >= 15 is 0 Å². The number of amides is 1. The zero-order valence-electron chi connectivity index (χ0n) is 18.8. The van der Waals surface area contributed by atoms with Gasteiger partial charge in [0.1, 0.15) is 0 Å². The van der Waals surface area contributed by atoms with Crippen molar-refractivity contribution in [2.24, 2.45) is 0 Å². The first-order valence-electron chi connectivity index (χ1n) is 10.5. The zero-order valence-corrected chi connectivity index (χ0v) is 19.6. The summed E-state index contributed by atoms with van der Waals surface area (Å²) in [5, 5.41) is -0.0840. The van der Waals surface area contributed by atoms with Crippen molar-refractivity contribution in [2.45, 2.75) is 30.0 Å². The van der Waals surface area contributed by atoms with Gasteiger partial charge in [-0.2, -0.15) is 0 Å². The Bertz CT molecular complexity index is 1110. The number of ether oxygens (including phenoxy) is 3. The van der Waals surface area contributed by atoms with Crippen molar-refractivity contribution in [3.63, 3.8) is 0 Å². The van der Waals surface area contributed by atoms with Crippen molar-refractivity contribution in [1.82, 2.24) is 0 Å². The quantitative estimate of drug-likeness (QED) is 0.477. The molecule has 4 rings (SSSR count). The van der Waals surface area contributed by atoms with Crippen molar-refractivity contribution >= 4 is 23.4 Å². The molecular weight excluding hydrogens is 422 g/mol. The van der Waals surface area contributed by atoms with Crippen LogP contribution in [0, 0.1) is 6.92 Å². The minimum atomic E-state index is -0.0840. The molecule has 166 valence electrons. The van der Waals surface area contributed by atoms with Gasteiger partial charge < -0.3 is 19.1 Å². The number of rotatable bonds is 6. The van der Waals surface area contributed by atoms with Gasteiger partial charge in [-0.25, -0.2) is 0 Å². The van der Waals surface area contributed by atoms with E-state index in [2.05, 4.69) is 25.1 Å². The van der Waals surface area contributed by atoms with E-state index in [1.54, 1.807) is 33.1 Å². The number of carbonyl (C=O) groups excluding carboxylic acids is 1. The molecule has 1 atom stereocenters. The minimum Gasteiger partial charge on any atom is -0.493 e. The summed E-state index contributed by atoms with van der Waals surface area (Å²) < 4.78 is 16.5. The SMILES string of the molecule is COc1cc(C2CC(=O)N(Cc3ccccc3C)c3ccccc3S2)cc(OC)c1OC. The predicted octanol–water partition coefficient (Wildman–Crippen LogP) is 5.79. The number of para-hydroxylation sites is 1. The number of benzene rings is 3.